The molecule has 0 fully saturated rings. The van der Waals surface area contributed by atoms with Crippen LogP contribution in [0.2, 0.25) is 0 Å². The van der Waals surface area contributed by atoms with Gasteiger partial charge in [-0.15, -0.1) is 0 Å². The largest absolute Gasteiger partial charge is 0.493 e. The summed E-state index contributed by atoms with van der Waals surface area (Å²) in [6, 6.07) is 21.5. The van der Waals surface area contributed by atoms with Crippen LogP contribution in [-0.2, 0) is 6.42 Å². The number of ether oxygens (including phenoxy) is 4. The molecule has 0 bridgehead atoms. The minimum atomic E-state index is -0.211. The molecule has 0 saturated carbocycles. The first kappa shape index (κ1) is 21.0. The van der Waals surface area contributed by atoms with Crippen LogP contribution in [0.4, 0.5) is 0 Å². The van der Waals surface area contributed by atoms with Crippen molar-refractivity contribution in [2.75, 3.05) is 27.6 Å². The average Bonchev–Trinajstić information content (AvgIpc) is 3.30. The maximum Gasteiger partial charge on any atom is 0.231 e. The number of hydrogen-bond acceptors (Lipinski definition) is 6. The predicted molar refractivity (Wildman–Crippen MR) is 118 cm³/mol. The molecular formula is C25H27NO5. The van der Waals surface area contributed by atoms with Gasteiger partial charge >= 0.3 is 0 Å². The van der Waals surface area contributed by atoms with Crippen molar-refractivity contribution >= 4 is 0 Å². The summed E-state index contributed by atoms with van der Waals surface area (Å²) in [6.07, 6.45) is 0.684. The minimum absolute atomic E-state index is 0.0169. The number of fused-ring (bicyclic) bond motifs is 1. The second-order valence-corrected chi connectivity index (χ2v) is 7.37. The van der Waals surface area contributed by atoms with Gasteiger partial charge in [0, 0.05) is 6.04 Å². The van der Waals surface area contributed by atoms with E-state index in [-0.39, 0.29) is 25.5 Å². The summed E-state index contributed by atoms with van der Waals surface area (Å²) in [5.74, 6) is 2.86. The zero-order chi connectivity index (χ0) is 21.6. The maximum atomic E-state index is 10.1. The van der Waals surface area contributed by atoms with E-state index in [1.54, 1.807) is 14.2 Å². The Hall–Kier alpha value is -3.22. The molecule has 0 aromatic heterocycles. The summed E-state index contributed by atoms with van der Waals surface area (Å²) < 4.78 is 21.9. The van der Waals surface area contributed by atoms with E-state index >= 15 is 0 Å². The Morgan fingerprint density at radius 1 is 0.839 bits per heavy atom. The summed E-state index contributed by atoms with van der Waals surface area (Å²) in [5, 5.41) is 13.7. The van der Waals surface area contributed by atoms with Gasteiger partial charge in [-0.1, -0.05) is 42.5 Å². The smallest absolute Gasteiger partial charge is 0.231 e. The fourth-order valence-corrected chi connectivity index (χ4v) is 3.83. The van der Waals surface area contributed by atoms with Gasteiger partial charge in [0.2, 0.25) is 6.79 Å². The van der Waals surface area contributed by atoms with Gasteiger partial charge in [0.15, 0.2) is 23.0 Å². The number of hydrogen-bond donors (Lipinski definition) is 2. The Morgan fingerprint density at radius 2 is 1.61 bits per heavy atom. The third-order valence-corrected chi connectivity index (χ3v) is 5.47. The molecule has 4 rings (SSSR count). The molecule has 1 aliphatic heterocycles. The molecule has 0 spiro atoms. The van der Waals surface area contributed by atoms with E-state index in [2.05, 4.69) is 5.32 Å². The molecule has 0 unspecified atom stereocenters. The van der Waals surface area contributed by atoms with E-state index in [1.165, 1.54) is 0 Å². The van der Waals surface area contributed by atoms with E-state index in [0.717, 1.165) is 28.2 Å². The van der Waals surface area contributed by atoms with E-state index in [0.29, 0.717) is 17.9 Å². The number of rotatable bonds is 9. The standard InChI is InChI=1S/C25H27NO5/c1-28-22-10-8-17(13-24(22)29-2)12-20(19-9-11-23-25(14-19)31-16-30-23)26-21(15-27)18-6-4-3-5-7-18/h3-11,13-14,20-21,26-27H,12,15-16H2,1-2H3/t20-,21+/m0/s1. The van der Waals surface area contributed by atoms with Crippen LogP contribution in [0.1, 0.15) is 28.8 Å². The second-order valence-electron chi connectivity index (χ2n) is 7.37. The van der Waals surface area contributed by atoms with Crippen LogP contribution in [-0.4, -0.2) is 32.7 Å². The first-order chi connectivity index (χ1) is 15.2. The van der Waals surface area contributed by atoms with Gasteiger partial charge in [-0.3, -0.25) is 0 Å². The van der Waals surface area contributed by atoms with Crippen LogP contribution in [0.25, 0.3) is 0 Å². The molecule has 6 nitrogen and oxygen atoms in total. The Morgan fingerprint density at radius 3 is 2.35 bits per heavy atom. The number of benzene rings is 3. The number of aliphatic hydroxyl groups excluding tert-OH is 1. The zero-order valence-electron chi connectivity index (χ0n) is 17.7. The van der Waals surface area contributed by atoms with Crippen molar-refractivity contribution < 1.29 is 24.1 Å². The van der Waals surface area contributed by atoms with Gasteiger partial charge in [-0.2, -0.15) is 0 Å². The molecule has 2 N–H and O–H groups in total. The molecule has 31 heavy (non-hydrogen) atoms. The van der Waals surface area contributed by atoms with Crippen molar-refractivity contribution in [2.45, 2.75) is 18.5 Å². The fraction of sp³-hybridized carbons (Fsp3) is 0.280. The molecule has 162 valence electrons. The van der Waals surface area contributed by atoms with Crippen LogP contribution in [0.15, 0.2) is 66.7 Å². The molecule has 3 aromatic rings. The molecule has 0 aliphatic carbocycles. The van der Waals surface area contributed by atoms with Crippen LogP contribution in [0.5, 0.6) is 23.0 Å². The van der Waals surface area contributed by atoms with Crippen molar-refractivity contribution in [2.24, 2.45) is 0 Å². The molecule has 3 aromatic carbocycles. The monoisotopic (exact) mass is 421 g/mol. The lowest BCUT2D eigenvalue weighted by Gasteiger charge is -2.26. The molecule has 6 heteroatoms. The van der Waals surface area contributed by atoms with Crippen LogP contribution in [0.3, 0.4) is 0 Å². The van der Waals surface area contributed by atoms with Gasteiger partial charge in [0.25, 0.3) is 0 Å². The third-order valence-electron chi connectivity index (χ3n) is 5.47. The van der Waals surface area contributed by atoms with E-state index in [4.69, 9.17) is 18.9 Å². The molecule has 2 atom stereocenters. The lowest BCUT2D eigenvalue weighted by molar-refractivity contribution is 0.174. The Balaban J connectivity index is 1.65. The van der Waals surface area contributed by atoms with Crippen LogP contribution in [0, 0.1) is 0 Å². The lowest BCUT2D eigenvalue weighted by atomic mass is 9.96. The van der Waals surface area contributed by atoms with Crippen LogP contribution >= 0.6 is 0 Å². The number of nitrogens with one attached hydrogen (secondary N) is 1. The Kier molecular flexibility index (Phi) is 6.60. The summed E-state index contributed by atoms with van der Waals surface area (Å²) >= 11 is 0. The zero-order valence-corrected chi connectivity index (χ0v) is 17.7. The van der Waals surface area contributed by atoms with E-state index in [1.807, 2.05) is 66.7 Å². The highest BCUT2D eigenvalue weighted by molar-refractivity contribution is 5.47. The molecule has 0 radical (unpaired) electrons. The van der Waals surface area contributed by atoms with Gasteiger partial charge in [-0.05, 0) is 47.4 Å². The van der Waals surface area contributed by atoms with E-state index in [9.17, 15) is 5.11 Å². The summed E-state index contributed by atoms with van der Waals surface area (Å²) in [7, 11) is 3.26. The minimum Gasteiger partial charge on any atom is -0.493 e. The quantitative estimate of drug-likeness (QED) is 0.544. The maximum absolute atomic E-state index is 10.1. The van der Waals surface area contributed by atoms with Crippen molar-refractivity contribution in [1.29, 1.82) is 0 Å². The average molecular weight is 421 g/mol. The fourth-order valence-electron chi connectivity index (χ4n) is 3.83. The third kappa shape index (κ3) is 4.76. The molecule has 1 aliphatic rings. The molecule has 0 amide bonds. The van der Waals surface area contributed by atoms with Gasteiger partial charge in [-0.25, -0.2) is 0 Å². The Labute approximate surface area is 182 Å². The molecular weight excluding hydrogens is 394 g/mol. The van der Waals surface area contributed by atoms with E-state index < -0.39 is 0 Å². The Bertz CT molecular complexity index is 1010. The van der Waals surface area contributed by atoms with Crippen molar-refractivity contribution in [3.8, 4) is 23.0 Å². The predicted octanol–water partition coefficient (Wildman–Crippen LogP) is 4.04. The SMILES string of the molecule is COc1ccc(C[C@H](N[C@H](CO)c2ccccc2)c2ccc3c(c2)OCO3)cc1OC. The highest BCUT2D eigenvalue weighted by atomic mass is 16.7. The first-order valence-corrected chi connectivity index (χ1v) is 10.2. The summed E-state index contributed by atoms with van der Waals surface area (Å²) in [5.41, 5.74) is 3.16. The number of aliphatic hydroxyl groups is 1. The lowest BCUT2D eigenvalue weighted by Crippen LogP contribution is -2.30. The van der Waals surface area contributed by atoms with Crippen LogP contribution < -0.4 is 24.3 Å². The highest BCUT2D eigenvalue weighted by Gasteiger charge is 2.22. The van der Waals surface area contributed by atoms with Gasteiger partial charge in [0.1, 0.15) is 0 Å². The molecule has 1 heterocycles. The van der Waals surface area contributed by atoms with Crippen molar-refractivity contribution in [3.05, 3.63) is 83.4 Å². The summed E-state index contributed by atoms with van der Waals surface area (Å²) in [6.45, 7) is 0.215. The van der Waals surface area contributed by atoms with Crippen molar-refractivity contribution in [3.63, 3.8) is 0 Å². The highest BCUT2D eigenvalue weighted by Crippen LogP contribution is 2.36. The number of methoxy groups -OCH3 is 2. The topological polar surface area (TPSA) is 69.2 Å². The first-order valence-electron chi connectivity index (χ1n) is 10.2. The van der Waals surface area contributed by atoms with Gasteiger partial charge < -0.3 is 29.4 Å². The van der Waals surface area contributed by atoms with Crippen molar-refractivity contribution in [1.82, 2.24) is 5.32 Å². The van der Waals surface area contributed by atoms with Gasteiger partial charge in [0.05, 0.1) is 26.9 Å². The summed E-state index contributed by atoms with van der Waals surface area (Å²) in [4.78, 5) is 0. The normalized spacial score (nSPS) is 14.2. The molecule has 0 saturated heterocycles. The second kappa shape index (κ2) is 9.73.